The van der Waals surface area contributed by atoms with Crippen molar-refractivity contribution in [3.63, 3.8) is 0 Å². The average Bonchev–Trinajstić information content (AvgIpc) is 3.02. The molecule has 41 heavy (non-hydrogen) atoms. The number of rotatable bonds is 17. The van der Waals surface area contributed by atoms with Crippen LogP contribution in [-0.4, -0.2) is 25.5 Å². The molecular weight excluding hydrogens is 516 g/mol. The molecule has 8 heteroatoms. The first-order valence-corrected chi connectivity index (χ1v) is 14.6. The molecule has 218 valence electrons. The SMILES string of the molecule is CCCCCCCCCCCCOc1ccc(C(=O)NNC(=O)c2ccc(N=Nc3ccc(OC)cc3)cc2)cc1. The summed E-state index contributed by atoms with van der Waals surface area (Å²) >= 11 is 0. The number of nitrogens with zero attached hydrogens (tertiary/aromatic N) is 2. The van der Waals surface area contributed by atoms with Crippen LogP contribution >= 0.6 is 0 Å². The van der Waals surface area contributed by atoms with Crippen LogP contribution in [0.3, 0.4) is 0 Å². The van der Waals surface area contributed by atoms with Gasteiger partial charge in [0.15, 0.2) is 0 Å². The van der Waals surface area contributed by atoms with Crippen LogP contribution in [0.25, 0.3) is 0 Å². The third-order valence-corrected chi connectivity index (χ3v) is 6.66. The molecule has 3 aromatic carbocycles. The number of amides is 2. The van der Waals surface area contributed by atoms with Crippen LogP contribution in [0, 0.1) is 0 Å². The van der Waals surface area contributed by atoms with E-state index < -0.39 is 11.8 Å². The van der Waals surface area contributed by atoms with E-state index in [1.165, 1.54) is 57.8 Å². The summed E-state index contributed by atoms with van der Waals surface area (Å²) in [6.45, 7) is 2.92. The number of hydrogen-bond acceptors (Lipinski definition) is 6. The Kier molecular flexibility index (Phi) is 13.9. The summed E-state index contributed by atoms with van der Waals surface area (Å²) in [5.41, 5.74) is 6.97. The lowest BCUT2D eigenvalue weighted by Gasteiger charge is -2.09. The highest BCUT2D eigenvalue weighted by atomic mass is 16.5. The van der Waals surface area contributed by atoms with Gasteiger partial charge in [0.2, 0.25) is 0 Å². The molecule has 0 atom stereocenters. The molecule has 0 bridgehead atoms. The molecule has 3 aromatic rings. The van der Waals surface area contributed by atoms with E-state index in [1.54, 1.807) is 79.9 Å². The van der Waals surface area contributed by atoms with Gasteiger partial charge in [-0.15, -0.1) is 0 Å². The van der Waals surface area contributed by atoms with E-state index in [0.29, 0.717) is 29.1 Å². The quantitative estimate of drug-likeness (QED) is 0.0985. The van der Waals surface area contributed by atoms with Crippen molar-refractivity contribution in [2.24, 2.45) is 10.2 Å². The first kappa shape index (κ1) is 31.3. The van der Waals surface area contributed by atoms with E-state index in [9.17, 15) is 9.59 Å². The minimum absolute atomic E-state index is 0.379. The molecule has 0 aliphatic rings. The van der Waals surface area contributed by atoms with E-state index in [1.807, 2.05) is 0 Å². The Morgan fingerprint density at radius 2 is 1.00 bits per heavy atom. The highest BCUT2D eigenvalue weighted by Gasteiger charge is 2.09. The molecule has 0 aliphatic carbocycles. The zero-order valence-electron chi connectivity index (χ0n) is 24.2. The minimum atomic E-state index is -0.437. The average molecular weight is 559 g/mol. The van der Waals surface area contributed by atoms with Gasteiger partial charge < -0.3 is 9.47 Å². The van der Waals surface area contributed by atoms with Gasteiger partial charge in [0.25, 0.3) is 11.8 Å². The summed E-state index contributed by atoms with van der Waals surface area (Å²) in [6.07, 6.45) is 12.8. The second-order valence-corrected chi connectivity index (χ2v) is 9.91. The summed E-state index contributed by atoms with van der Waals surface area (Å²) in [6, 6.07) is 20.7. The maximum absolute atomic E-state index is 12.5. The van der Waals surface area contributed by atoms with E-state index in [2.05, 4.69) is 28.0 Å². The Morgan fingerprint density at radius 3 is 1.49 bits per heavy atom. The Balaban J connectivity index is 1.32. The first-order chi connectivity index (χ1) is 20.1. The van der Waals surface area contributed by atoms with Crippen molar-refractivity contribution in [3.05, 3.63) is 83.9 Å². The summed E-state index contributed by atoms with van der Waals surface area (Å²) in [7, 11) is 1.60. The fourth-order valence-electron chi connectivity index (χ4n) is 4.18. The zero-order valence-corrected chi connectivity index (χ0v) is 24.2. The number of hydrogen-bond donors (Lipinski definition) is 2. The number of carbonyl (C=O) groups is 2. The first-order valence-electron chi connectivity index (χ1n) is 14.6. The fourth-order valence-corrected chi connectivity index (χ4v) is 4.18. The summed E-state index contributed by atoms with van der Waals surface area (Å²) in [5.74, 6) is 0.621. The maximum atomic E-state index is 12.5. The van der Waals surface area contributed by atoms with E-state index in [-0.39, 0.29) is 0 Å². The molecule has 0 spiro atoms. The molecule has 0 aliphatic heterocycles. The number of nitrogens with one attached hydrogen (secondary N) is 2. The number of hydrazine groups is 1. The van der Waals surface area contributed by atoms with Crippen LogP contribution in [0.5, 0.6) is 11.5 Å². The molecule has 0 fully saturated rings. The van der Waals surface area contributed by atoms with Gasteiger partial charge in [-0.25, -0.2) is 0 Å². The maximum Gasteiger partial charge on any atom is 0.269 e. The van der Waals surface area contributed by atoms with Crippen LogP contribution < -0.4 is 20.3 Å². The van der Waals surface area contributed by atoms with Crippen molar-refractivity contribution in [1.29, 1.82) is 0 Å². The molecular formula is C33H42N4O4. The van der Waals surface area contributed by atoms with E-state index in [0.717, 1.165) is 17.9 Å². The molecule has 2 amide bonds. The lowest BCUT2D eigenvalue weighted by Crippen LogP contribution is -2.41. The second-order valence-electron chi connectivity index (χ2n) is 9.91. The summed E-state index contributed by atoms with van der Waals surface area (Å²) in [4.78, 5) is 24.9. The van der Waals surface area contributed by atoms with Crippen molar-refractivity contribution in [2.45, 2.75) is 71.1 Å². The van der Waals surface area contributed by atoms with Crippen molar-refractivity contribution >= 4 is 23.2 Å². The van der Waals surface area contributed by atoms with Crippen LogP contribution in [0.15, 0.2) is 83.0 Å². The van der Waals surface area contributed by atoms with Crippen molar-refractivity contribution in [3.8, 4) is 11.5 Å². The number of carbonyl (C=O) groups excluding carboxylic acids is 2. The lowest BCUT2D eigenvalue weighted by molar-refractivity contribution is 0.0846. The van der Waals surface area contributed by atoms with Crippen LogP contribution in [-0.2, 0) is 0 Å². The number of methoxy groups -OCH3 is 1. The van der Waals surface area contributed by atoms with Gasteiger partial charge >= 0.3 is 0 Å². The molecule has 0 radical (unpaired) electrons. The Bertz CT molecular complexity index is 1210. The zero-order chi connectivity index (χ0) is 29.1. The second kappa shape index (κ2) is 18.2. The van der Waals surface area contributed by atoms with Gasteiger partial charge in [0.1, 0.15) is 11.5 Å². The van der Waals surface area contributed by atoms with Gasteiger partial charge in [-0.3, -0.25) is 20.4 Å². The largest absolute Gasteiger partial charge is 0.497 e. The highest BCUT2D eigenvalue weighted by molar-refractivity contribution is 5.99. The van der Waals surface area contributed by atoms with E-state index >= 15 is 0 Å². The third-order valence-electron chi connectivity index (χ3n) is 6.66. The Morgan fingerprint density at radius 1 is 0.585 bits per heavy atom. The van der Waals surface area contributed by atoms with Gasteiger partial charge in [-0.2, -0.15) is 10.2 Å². The molecule has 0 saturated carbocycles. The van der Waals surface area contributed by atoms with Crippen molar-refractivity contribution in [1.82, 2.24) is 10.9 Å². The molecule has 3 rings (SSSR count). The molecule has 2 N–H and O–H groups in total. The van der Waals surface area contributed by atoms with Crippen LogP contribution in [0.1, 0.15) is 91.8 Å². The summed E-state index contributed by atoms with van der Waals surface area (Å²) < 4.78 is 10.9. The predicted octanol–water partition coefficient (Wildman–Crippen LogP) is 8.49. The third kappa shape index (κ3) is 11.8. The topological polar surface area (TPSA) is 101 Å². The molecule has 0 aromatic heterocycles. The molecule has 8 nitrogen and oxygen atoms in total. The Hall–Kier alpha value is -4.20. The molecule has 0 saturated heterocycles. The fraction of sp³-hybridized carbons (Fsp3) is 0.394. The number of benzene rings is 3. The number of ether oxygens (including phenoxy) is 2. The smallest absolute Gasteiger partial charge is 0.269 e. The monoisotopic (exact) mass is 558 g/mol. The molecule has 0 unspecified atom stereocenters. The van der Waals surface area contributed by atoms with Gasteiger partial charge in [0.05, 0.1) is 25.1 Å². The van der Waals surface area contributed by atoms with Crippen LogP contribution in [0.2, 0.25) is 0 Å². The van der Waals surface area contributed by atoms with E-state index in [4.69, 9.17) is 9.47 Å². The standard InChI is InChI=1S/C33H42N4O4/c1-3-4-5-6-7-8-9-10-11-12-25-41-31-21-15-27(16-22-31)33(39)37-36-32(38)26-13-17-28(18-14-26)34-35-29-19-23-30(40-2)24-20-29/h13-24H,3-12,25H2,1-2H3,(H,36,38)(H,37,39). The van der Waals surface area contributed by atoms with Gasteiger partial charge in [-0.05, 0) is 79.2 Å². The van der Waals surface area contributed by atoms with Crippen molar-refractivity contribution in [2.75, 3.05) is 13.7 Å². The van der Waals surface area contributed by atoms with Gasteiger partial charge in [0, 0.05) is 11.1 Å². The Labute approximate surface area is 243 Å². The van der Waals surface area contributed by atoms with Crippen LogP contribution in [0.4, 0.5) is 11.4 Å². The predicted molar refractivity (Wildman–Crippen MR) is 162 cm³/mol. The normalized spacial score (nSPS) is 10.9. The summed E-state index contributed by atoms with van der Waals surface area (Å²) in [5, 5.41) is 8.35. The minimum Gasteiger partial charge on any atom is -0.497 e. The lowest BCUT2D eigenvalue weighted by atomic mass is 10.1. The number of azo groups is 1. The van der Waals surface area contributed by atoms with Crippen molar-refractivity contribution < 1.29 is 19.1 Å². The number of unbranched alkanes of at least 4 members (excludes halogenated alkanes) is 9. The highest BCUT2D eigenvalue weighted by Crippen LogP contribution is 2.21. The van der Waals surface area contributed by atoms with Gasteiger partial charge in [-0.1, -0.05) is 64.7 Å². The molecule has 0 heterocycles.